The predicted octanol–water partition coefficient (Wildman–Crippen LogP) is 4.90. The van der Waals surface area contributed by atoms with Crippen molar-refractivity contribution in [2.45, 2.75) is 111 Å². The van der Waals surface area contributed by atoms with Crippen LogP contribution < -0.4 is 17.2 Å². The molecule has 9 aliphatic rings. The van der Waals surface area contributed by atoms with E-state index in [-0.39, 0.29) is 24.3 Å². The molecular formula is C34H65N3O4. The van der Waals surface area contributed by atoms with Gasteiger partial charge in [0.25, 0.3) is 0 Å². The van der Waals surface area contributed by atoms with Gasteiger partial charge in [-0.3, -0.25) is 0 Å². The summed E-state index contributed by atoms with van der Waals surface area (Å²) in [4.78, 5) is 0. The van der Waals surface area contributed by atoms with Crippen molar-refractivity contribution in [3.63, 3.8) is 0 Å². The molecule has 0 saturated heterocycles. The second-order valence-electron chi connectivity index (χ2n) is 16.5. The zero-order chi connectivity index (χ0) is 30.7. The van der Waals surface area contributed by atoms with Gasteiger partial charge in [-0.25, -0.2) is 0 Å². The Kier molecular flexibility index (Phi) is 10.0. The van der Waals surface area contributed by atoms with Gasteiger partial charge in [0, 0.05) is 45.4 Å². The van der Waals surface area contributed by atoms with E-state index < -0.39 is 0 Å². The average Bonchev–Trinajstić information content (AvgIpc) is 2.91. The molecule has 7 nitrogen and oxygen atoms in total. The molecule has 0 aliphatic heterocycles. The molecule has 6 bridgehead atoms. The second-order valence-corrected chi connectivity index (χ2v) is 16.5. The molecule has 9 fully saturated rings. The Morgan fingerprint density at radius 3 is 1.56 bits per heavy atom. The first-order valence-corrected chi connectivity index (χ1v) is 16.5. The quantitative estimate of drug-likeness (QED) is 0.384. The summed E-state index contributed by atoms with van der Waals surface area (Å²) in [6.45, 7) is 19.9. The number of fused-ring (bicyclic) bond motifs is 6. The molecule has 7 heteroatoms. The Bertz CT molecular complexity index is 880. The van der Waals surface area contributed by atoms with Crippen molar-refractivity contribution in [1.29, 1.82) is 0 Å². The topological polar surface area (TPSA) is 115 Å². The Labute approximate surface area is 251 Å². The van der Waals surface area contributed by atoms with Gasteiger partial charge in [-0.05, 0) is 89.3 Å². The van der Waals surface area contributed by atoms with E-state index in [0.717, 1.165) is 30.3 Å². The van der Waals surface area contributed by atoms with Gasteiger partial charge < -0.3 is 36.1 Å². The van der Waals surface area contributed by atoms with Gasteiger partial charge in [-0.1, -0.05) is 55.4 Å². The Hall–Kier alpha value is -0.280. The lowest BCUT2D eigenvalue weighted by Crippen LogP contribution is -2.67. The number of nitrogens with two attached hydrogens (primary N) is 3. The SMILES string of the molecule is COC1C(N)C(C)C2CC1C2(C)C.COCOC1C(N)C(C)C2CC1C2(C)C.COC[C@H]1[C@H](N)C[C@@H]2C[C@H]1C2(C)C. The summed E-state index contributed by atoms with van der Waals surface area (Å²) in [5.41, 5.74) is 19.9. The van der Waals surface area contributed by atoms with Gasteiger partial charge in [0.2, 0.25) is 0 Å². The third-order valence-corrected chi connectivity index (χ3v) is 14.1. The maximum atomic E-state index is 6.22. The maximum absolute atomic E-state index is 6.22. The highest BCUT2D eigenvalue weighted by molar-refractivity contribution is 5.12. The van der Waals surface area contributed by atoms with Crippen LogP contribution in [0.5, 0.6) is 0 Å². The van der Waals surface area contributed by atoms with E-state index in [2.05, 4.69) is 55.4 Å². The van der Waals surface area contributed by atoms with E-state index in [4.69, 9.17) is 36.1 Å². The summed E-state index contributed by atoms with van der Waals surface area (Å²) in [6, 6.07) is 0.815. The van der Waals surface area contributed by atoms with Crippen LogP contribution >= 0.6 is 0 Å². The summed E-state index contributed by atoms with van der Waals surface area (Å²) in [6.07, 6.45) is 5.65. The number of hydrogen-bond acceptors (Lipinski definition) is 7. The molecule has 0 aromatic rings. The summed E-state index contributed by atoms with van der Waals surface area (Å²) < 4.78 is 21.5. The molecule has 41 heavy (non-hydrogen) atoms. The van der Waals surface area contributed by atoms with Gasteiger partial charge >= 0.3 is 0 Å². The van der Waals surface area contributed by atoms with Crippen LogP contribution in [0.2, 0.25) is 0 Å². The fourth-order valence-electron chi connectivity index (χ4n) is 10.7. The van der Waals surface area contributed by atoms with Gasteiger partial charge in [-0.2, -0.15) is 0 Å². The fourth-order valence-corrected chi connectivity index (χ4v) is 10.7. The van der Waals surface area contributed by atoms with Crippen molar-refractivity contribution in [3.8, 4) is 0 Å². The number of rotatable bonds is 6. The lowest BCUT2D eigenvalue weighted by Gasteiger charge is -2.64. The minimum atomic E-state index is 0.178. The number of ether oxygens (including phenoxy) is 4. The molecular weight excluding hydrogens is 514 g/mol. The maximum Gasteiger partial charge on any atom is 0.146 e. The molecule has 14 atom stereocenters. The Morgan fingerprint density at radius 1 is 0.610 bits per heavy atom. The van der Waals surface area contributed by atoms with Crippen LogP contribution in [-0.2, 0) is 18.9 Å². The predicted molar refractivity (Wildman–Crippen MR) is 166 cm³/mol. The highest BCUT2D eigenvalue weighted by Crippen LogP contribution is 2.63. The molecule has 10 unspecified atom stereocenters. The fraction of sp³-hybridized carbons (Fsp3) is 1.00. The molecule has 0 aromatic heterocycles. The molecule has 0 heterocycles. The molecule has 240 valence electrons. The monoisotopic (exact) mass is 579 g/mol. The molecule has 9 aliphatic carbocycles. The highest BCUT2D eigenvalue weighted by Gasteiger charge is 2.62. The van der Waals surface area contributed by atoms with Crippen molar-refractivity contribution < 1.29 is 18.9 Å². The van der Waals surface area contributed by atoms with Gasteiger partial charge in [0.1, 0.15) is 6.79 Å². The molecule has 9 saturated carbocycles. The van der Waals surface area contributed by atoms with E-state index in [9.17, 15) is 0 Å². The van der Waals surface area contributed by atoms with Crippen LogP contribution in [0.25, 0.3) is 0 Å². The minimum Gasteiger partial charge on any atom is -0.384 e. The molecule has 0 spiro atoms. The van der Waals surface area contributed by atoms with Gasteiger partial charge in [0.15, 0.2) is 0 Å². The zero-order valence-corrected chi connectivity index (χ0v) is 28.2. The smallest absolute Gasteiger partial charge is 0.146 e. The van der Waals surface area contributed by atoms with Gasteiger partial charge in [-0.15, -0.1) is 0 Å². The Balaban J connectivity index is 0.000000142. The minimum absolute atomic E-state index is 0.178. The second kappa shape index (κ2) is 12.3. The largest absolute Gasteiger partial charge is 0.384 e. The van der Waals surface area contributed by atoms with E-state index in [1.165, 1.54) is 25.7 Å². The van der Waals surface area contributed by atoms with Crippen molar-refractivity contribution in [2.75, 3.05) is 34.7 Å². The van der Waals surface area contributed by atoms with E-state index in [1.54, 1.807) is 21.3 Å². The van der Waals surface area contributed by atoms with Gasteiger partial charge in [0.05, 0.1) is 18.8 Å². The van der Waals surface area contributed by atoms with Crippen molar-refractivity contribution in [3.05, 3.63) is 0 Å². The molecule has 0 amide bonds. The zero-order valence-electron chi connectivity index (χ0n) is 28.2. The summed E-state index contributed by atoms with van der Waals surface area (Å²) in [5.74, 6) is 6.36. The van der Waals surface area contributed by atoms with Crippen LogP contribution in [-0.4, -0.2) is 65.1 Å². The van der Waals surface area contributed by atoms with Crippen LogP contribution in [0.15, 0.2) is 0 Å². The molecule has 9 rings (SSSR count). The van der Waals surface area contributed by atoms with Crippen LogP contribution in [0.1, 0.15) is 81.1 Å². The number of methoxy groups -OCH3 is 3. The molecule has 0 aromatic carbocycles. The van der Waals surface area contributed by atoms with E-state index in [1.807, 2.05) is 0 Å². The van der Waals surface area contributed by atoms with Crippen molar-refractivity contribution in [1.82, 2.24) is 0 Å². The lowest BCUT2D eigenvalue weighted by atomic mass is 9.44. The van der Waals surface area contributed by atoms with Crippen LogP contribution in [0.4, 0.5) is 0 Å². The van der Waals surface area contributed by atoms with E-state index in [0.29, 0.717) is 58.7 Å². The van der Waals surface area contributed by atoms with Crippen molar-refractivity contribution >= 4 is 0 Å². The lowest BCUT2D eigenvalue weighted by molar-refractivity contribution is -0.218. The van der Waals surface area contributed by atoms with E-state index >= 15 is 0 Å². The average molecular weight is 580 g/mol. The highest BCUT2D eigenvalue weighted by atomic mass is 16.7. The molecule has 0 radical (unpaired) electrons. The Morgan fingerprint density at radius 2 is 1.12 bits per heavy atom. The summed E-state index contributed by atoms with van der Waals surface area (Å²) in [7, 11) is 5.24. The first kappa shape index (κ1) is 33.6. The third-order valence-electron chi connectivity index (χ3n) is 14.1. The first-order chi connectivity index (χ1) is 19.1. The standard InChI is InChI=1S/C12H23NO2.2C11H21NO/c1-7-8-5-9(12(8,2)3)11(10(7)13)15-6-14-4;1-11(2)7-4-9(11)8(6-13-3)10(12)5-7;1-6-7-5-8(11(7,2)3)10(13-4)9(6)12/h7-11H,5-6,13H2,1-4H3;7-10H,4-6,12H2,1-3H3;6-10H,5,12H2,1-4H3/t;7-,8+,9+,10+;/m.0./s1. The number of hydrogen-bond donors (Lipinski definition) is 3. The molecule has 6 N–H and O–H groups in total. The summed E-state index contributed by atoms with van der Waals surface area (Å²) >= 11 is 0. The third kappa shape index (κ3) is 5.57. The normalized spacial score (nSPS) is 49.0. The van der Waals surface area contributed by atoms with Crippen molar-refractivity contribution in [2.24, 2.45) is 86.7 Å². The first-order valence-electron chi connectivity index (χ1n) is 16.5. The van der Waals surface area contributed by atoms with Crippen LogP contribution in [0, 0.1) is 69.5 Å². The van der Waals surface area contributed by atoms with Crippen LogP contribution in [0.3, 0.4) is 0 Å². The summed E-state index contributed by atoms with van der Waals surface area (Å²) in [5, 5.41) is 0.